The predicted molar refractivity (Wildman–Crippen MR) is 24.7 cm³/mol. The second-order valence-electron chi connectivity index (χ2n) is 1.14. The highest BCUT2D eigenvalue weighted by Crippen LogP contribution is 1.68. The molecule has 0 aliphatic rings. The molecule has 1 aromatic heterocycles. The second kappa shape index (κ2) is 1.16. The lowest BCUT2D eigenvalue weighted by Crippen LogP contribution is -1.98. The Labute approximate surface area is 36.5 Å². The van der Waals surface area contributed by atoms with Crippen molar-refractivity contribution in [1.82, 2.24) is 5.16 Å². The van der Waals surface area contributed by atoms with Gasteiger partial charge in [0.15, 0.2) is 7.85 Å². The van der Waals surface area contributed by atoms with Gasteiger partial charge in [-0.25, -0.2) is 0 Å². The van der Waals surface area contributed by atoms with E-state index in [0.717, 1.165) is 5.59 Å². The summed E-state index contributed by atoms with van der Waals surface area (Å²) in [6.45, 7) is 0. The van der Waals surface area contributed by atoms with Gasteiger partial charge in [0.2, 0.25) is 0 Å². The molecular weight excluding hydrogens is 76.9 g/mol. The van der Waals surface area contributed by atoms with Crippen molar-refractivity contribution in [2.24, 2.45) is 0 Å². The molecule has 0 amide bonds. The minimum absolute atomic E-state index is 0.926. The van der Waals surface area contributed by atoms with Gasteiger partial charge in [-0.1, -0.05) is 5.16 Å². The Hall–Kier alpha value is -0.725. The van der Waals surface area contributed by atoms with Crippen molar-refractivity contribution in [2.75, 3.05) is 0 Å². The largest absolute Gasteiger partial charge is 0.365 e. The Balaban J connectivity index is 3.05. The van der Waals surface area contributed by atoms with Gasteiger partial charge in [-0.3, -0.25) is 0 Å². The van der Waals surface area contributed by atoms with E-state index in [1.165, 1.54) is 0 Å². The van der Waals surface area contributed by atoms with Crippen LogP contribution in [0.3, 0.4) is 0 Å². The predicted octanol–water partition coefficient (Wildman–Crippen LogP) is -1.07. The maximum Gasteiger partial charge on any atom is 0.168 e. The molecular formula is C3H4BNO. The van der Waals surface area contributed by atoms with Crippen molar-refractivity contribution in [1.29, 1.82) is 0 Å². The molecule has 0 spiro atoms. The van der Waals surface area contributed by atoms with Crippen LogP contribution in [0.1, 0.15) is 0 Å². The highest BCUT2D eigenvalue weighted by Gasteiger charge is 1.78. The van der Waals surface area contributed by atoms with Crippen LogP contribution in [0.25, 0.3) is 0 Å². The van der Waals surface area contributed by atoms with E-state index in [1.54, 1.807) is 12.3 Å². The zero-order valence-electron chi connectivity index (χ0n) is 3.51. The molecule has 6 heavy (non-hydrogen) atoms. The van der Waals surface area contributed by atoms with Crippen LogP contribution in [0.4, 0.5) is 0 Å². The van der Waals surface area contributed by atoms with E-state index in [2.05, 4.69) is 9.68 Å². The van der Waals surface area contributed by atoms with Crippen molar-refractivity contribution >= 4 is 13.4 Å². The maximum atomic E-state index is 4.46. The standard InChI is InChI=1S/C3H4BNO/c4-3-1-2-6-5-3/h1-2H,4H2. The van der Waals surface area contributed by atoms with Crippen molar-refractivity contribution in [2.45, 2.75) is 0 Å². The molecule has 0 N–H and O–H groups in total. The minimum atomic E-state index is 0.926. The van der Waals surface area contributed by atoms with Crippen molar-refractivity contribution < 1.29 is 4.52 Å². The topological polar surface area (TPSA) is 26.0 Å². The second-order valence-corrected chi connectivity index (χ2v) is 1.14. The summed E-state index contributed by atoms with van der Waals surface area (Å²) in [5.74, 6) is 0. The average molecular weight is 80.9 g/mol. The number of nitrogens with zero attached hydrogens (tertiary/aromatic N) is 1. The molecule has 1 aromatic rings. The highest BCUT2D eigenvalue weighted by atomic mass is 16.5. The summed E-state index contributed by atoms with van der Waals surface area (Å²) in [7, 11) is 1.88. The Morgan fingerprint density at radius 3 is 2.83 bits per heavy atom. The molecule has 0 saturated carbocycles. The van der Waals surface area contributed by atoms with Crippen LogP contribution >= 0.6 is 0 Å². The van der Waals surface area contributed by atoms with Crippen molar-refractivity contribution in [3.8, 4) is 0 Å². The first-order valence-electron chi connectivity index (χ1n) is 1.76. The first kappa shape index (κ1) is 3.46. The number of hydrogen-bond donors (Lipinski definition) is 0. The third-order valence-corrected chi connectivity index (χ3v) is 0.567. The summed E-state index contributed by atoms with van der Waals surface area (Å²) in [6.07, 6.45) is 1.55. The lowest BCUT2D eigenvalue weighted by molar-refractivity contribution is 0.425. The van der Waals surface area contributed by atoms with Crippen LogP contribution in [0.15, 0.2) is 16.9 Å². The Morgan fingerprint density at radius 2 is 2.67 bits per heavy atom. The Kier molecular flexibility index (Phi) is 0.672. The van der Waals surface area contributed by atoms with Gasteiger partial charge >= 0.3 is 0 Å². The molecule has 1 rings (SSSR count). The van der Waals surface area contributed by atoms with E-state index in [1.807, 2.05) is 7.85 Å². The first-order valence-corrected chi connectivity index (χ1v) is 1.76. The third-order valence-electron chi connectivity index (χ3n) is 0.567. The molecule has 0 aliphatic carbocycles. The van der Waals surface area contributed by atoms with E-state index >= 15 is 0 Å². The van der Waals surface area contributed by atoms with Crippen molar-refractivity contribution in [3.63, 3.8) is 0 Å². The summed E-state index contributed by atoms with van der Waals surface area (Å²) in [4.78, 5) is 0. The molecule has 2 nitrogen and oxygen atoms in total. The van der Waals surface area contributed by atoms with Crippen LogP contribution in [0, 0.1) is 0 Å². The molecule has 3 heteroatoms. The molecule has 0 atom stereocenters. The Morgan fingerprint density at radius 1 is 1.83 bits per heavy atom. The van der Waals surface area contributed by atoms with E-state index in [-0.39, 0.29) is 0 Å². The molecule has 0 unspecified atom stereocenters. The van der Waals surface area contributed by atoms with Gasteiger partial charge in [0, 0.05) is 5.59 Å². The van der Waals surface area contributed by atoms with Gasteiger partial charge in [0.25, 0.3) is 0 Å². The normalized spacial score (nSPS) is 8.67. The van der Waals surface area contributed by atoms with Crippen LogP contribution in [0.2, 0.25) is 0 Å². The summed E-state index contributed by atoms with van der Waals surface area (Å²) in [6, 6.07) is 1.81. The molecule has 0 saturated heterocycles. The van der Waals surface area contributed by atoms with E-state index in [9.17, 15) is 0 Å². The van der Waals surface area contributed by atoms with Crippen molar-refractivity contribution in [3.05, 3.63) is 12.3 Å². The SMILES string of the molecule is Bc1ccon1. The highest BCUT2D eigenvalue weighted by molar-refractivity contribution is 6.30. The van der Waals surface area contributed by atoms with Crippen LogP contribution in [0.5, 0.6) is 0 Å². The Bertz CT molecular complexity index is 114. The molecule has 1 heterocycles. The van der Waals surface area contributed by atoms with E-state index in [0.29, 0.717) is 0 Å². The van der Waals surface area contributed by atoms with Gasteiger partial charge < -0.3 is 4.52 Å². The minimum Gasteiger partial charge on any atom is -0.365 e. The lowest BCUT2D eigenvalue weighted by Gasteiger charge is -1.61. The molecule has 30 valence electrons. The van der Waals surface area contributed by atoms with Crippen LogP contribution in [-0.4, -0.2) is 13.0 Å². The van der Waals surface area contributed by atoms with E-state index < -0.39 is 0 Å². The summed E-state index contributed by atoms with van der Waals surface area (Å²) >= 11 is 0. The molecule has 0 aromatic carbocycles. The van der Waals surface area contributed by atoms with Crippen LogP contribution < -0.4 is 5.59 Å². The summed E-state index contributed by atoms with van der Waals surface area (Å²) in [5.41, 5.74) is 0.926. The first-order chi connectivity index (χ1) is 2.89. The van der Waals surface area contributed by atoms with Crippen LogP contribution in [-0.2, 0) is 0 Å². The molecule has 0 radical (unpaired) electrons. The molecule has 0 aliphatic heterocycles. The number of aromatic nitrogens is 1. The smallest absolute Gasteiger partial charge is 0.168 e. The molecule has 0 fully saturated rings. The average Bonchev–Trinajstić information content (AvgIpc) is 1.86. The number of hydrogen-bond acceptors (Lipinski definition) is 2. The zero-order chi connectivity index (χ0) is 4.41. The lowest BCUT2D eigenvalue weighted by atomic mass is 10.1. The monoisotopic (exact) mass is 81.0 g/mol. The third kappa shape index (κ3) is 0.430. The zero-order valence-corrected chi connectivity index (χ0v) is 3.51. The maximum absolute atomic E-state index is 4.46. The van der Waals surface area contributed by atoms with E-state index in [4.69, 9.17) is 0 Å². The quantitative estimate of drug-likeness (QED) is 0.372. The fourth-order valence-electron chi connectivity index (χ4n) is 0.273. The van der Waals surface area contributed by atoms with Gasteiger partial charge in [0.1, 0.15) is 6.26 Å². The summed E-state index contributed by atoms with van der Waals surface area (Å²) in [5, 5.41) is 3.54. The van der Waals surface area contributed by atoms with Gasteiger partial charge in [0.05, 0.1) is 0 Å². The van der Waals surface area contributed by atoms with Gasteiger partial charge in [-0.15, -0.1) is 0 Å². The van der Waals surface area contributed by atoms with Gasteiger partial charge in [-0.2, -0.15) is 0 Å². The fraction of sp³-hybridized carbons (Fsp3) is 0. The van der Waals surface area contributed by atoms with Gasteiger partial charge in [-0.05, 0) is 6.07 Å². The summed E-state index contributed by atoms with van der Waals surface area (Å²) < 4.78 is 4.46. The molecule has 0 bridgehead atoms. The fourth-order valence-corrected chi connectivity index (χ4v) is 0.273. The number of rotatable bonds is 0.